The highest BCUT2D eigenvalue weighted by Gasteiger charge is 2.36. The Morgan fingerprint density at radius 3 is 3.00 bits per heavy atom. The molecule has 2 aromatic heterocycles. The summed E-state index contributed by atoms with van der Waals surface area (Å²) < 4.78 is 0. The van der Waals surface area contributed by atoms with E-state index in [2.05, 4.69) is 22.2 Å². The number of nitrogens with two attached hydrogens (primary N) is 1. The molecule has 1 aliphatic heterocycles. The summed E-state index contributed by atoms with van der Waals surface area (Å²) in [5, 5.41) is 3.51. The van der Waals surface area contributed by atoms with Crippen LogP contribution in [0.3, 0.4) is 0 Å². The molecular formula is C14H21N5. The molecule has 0 saturated carbocycles. The van der Waals surface area contributed by atoms with Crippen molar-refractivity contribution in [1.82, 2.24) is 20.3 Å². The van der Waals surface area contributed by atoms with E-state index >= 15 is 0 Å². The summed E-state index contributed by atoms with van der Waals surface area (Å²) in [4.78, 5) is 12.4. The summed E-state index contributed by atoms with van der Waals surface area (Å²) in [6.07, 6.45) is 4.69. The van der Waals surface area contributed by atoms with Gasteiger partial charge in [0.1, 0.15) is 11.6 Å². The molecule has 5 heteroatoms. The first-order valence-corrected chi connectivity index (χ1v) is 7.07. The Morgan fingerprint density at radius 1 is 1.37 bits per heavy atom. The topological polar surface area (TPSA) is 79.6 Å². The first-order valence-electron chi connectivity index (χ1n) is 7.07. The Bertz CT molecular complexity index is 563. The van der Waals surface area contributed by atoms with E-state index in [1.807, 2.05) is 12.1 Å². The van der Waals surface area contributed by atoms with E-state index in [1.54, 1.807) is 0 Å². The zero-order chi connectivity index (χ0) is 13.3. The smallest absolute Gasteiger partial charge is 0.179 e. The van der Waals surface area contributed by atoms with Gasteiger partial charge in [-0.25, -0.2) is 9.97 Å². The normalized spacial score (nSPS) is 23.8. The van der Waals surface area contributed by atoms with Crippen LogP contribution in [0.1, 0.15) is 38.4 Å². The number of anilines is 1. The summed E-state index contributed by atoms with van der Waals surface area (Å²) in [5.74, 6) is 1.59. The predicted octanol–water partition coefficient (Wildman–Crippen LogP) is 1.96. The van der Waals surface area contributed by atoms with E-state index < -0.39 is 0 Å². The fourth-order valence-electron chi connectivity index (χ4n) is 3.14. The number of aromatic amines is 1. The first-order chi connectivity index (χ1) is 9.23. The molecule has 0 spiro atoms. The highest BCUT2D eigenvalue weighted by Crippen LogP contribution is 2.34. The summed E-state index contributed by atoms with van der Waals surface area (Å²) in [7, 11) is 0. The maximum atomic E-state index is 5.73. The average Bonchev–Trinajstić information content (AvgIpc) is 2.83. The van der Waals surface area contributed by atoms with E-state index in [0.29, 0.717) is 5.82 Å². The van der Waals surface area contributed by atoms with Gasteiger partial charge in [-0.15, -0.1) is 0 Å². The fraction of sp³-hybridized carbons (Fsp3) is 0.571. The van der Waals surface area contributed by atoms with Crippen LogP contribution in [0.5, 0.6) is 0 Å². The lowest BCUT2D eigenvalue weighted by atomic mass is 9.76. The number of hydrogen-bond donors (Lipinski definition) is 3. The molecule has 2 aromatic rings. The van der Waals surface area contributed by atoms with Crippen LogP contribution in [0.4, 0.5) is 5.82 Å². The maximum absolute atomic E-state index is 5.73. The van der Waals surface area contributed by atoms with Crippen LogP contribution in [0.25, 0.3) is 11.2 Å². The van der Waals surface area contributed by atoms with Crippen molar-refractivity contribution in [3.8, 4) is 0 Å². The van der Waals surface area contributed by atoms with Gasteiger partial charge in [0.15, 0.2) is 5.65 Å². The van der Waals surface area contributed by atoms with E-state index in [0.717, 1.165) is 42.9 Å². The van der Waals surface area contributed by atoms with E-state index in [4.69, 9.17) is 10.7 Å². The second-order valence-electron chi connectivity index (χ2n) is 5.50. The molecule has 0 amide bonds. The van der Waals surface area contributed by atoms with Gasteiger partial charge in [-0.1, -0.05) is 13.3 Å². The molecule has 1 aliphatic rings. The van der Waals surface area contributed by atoms with Crippen molar-refractivity contribution in [3.05, 3.63) is 18.0 Å². The molecule has 1 unspecified atom stereocenters. The third-order valence-electron chi connectivity index (χ3n) is 4.07. The van der Waals surface area contributed by atoms with Crippen molar-refractivity contribution in [2.24, 2.45) is 0 Å². The number of aromatic nitrogens is 3. The van der Waals surface area contributed by atoms with Crippen LogP contribution in [-0.2, 0) is 5.41 Å². The van der Waals surface area contributed by atoms with Crippen molar-refractivity contribution >= 4 is 17.0 Å². The number of nitrogen functional groups attached to an aromatic ring is 1. The van der Waals surface area contributed by atoms with Gasteiger partial charge >= 0.3 is 0 Å². The number of fused-ring (bicyclic) bond motifs is 1. The minimum absolute atomic E-state index is 0.127. The van der Waals surface area contributed by atoms with E-state index in [9.17, 15) is 0 Å². The lowest BCUT2D eigenvalue weighted by molar-refractivity contribution is 0.278. The minimum atomic E-state index is 0.127. The summed E-state index contributed by atoms with van der Waals surface area (Å²) in [5.41, 5.74) is 7.56. The monoisotopic (exact) mass is 259 g/mol. The predicted molar refractivity (Wildman–Crippen MR) is 77.0 cm³/mol. The molecule has 3 heterocycles. The van der Waals surface area contributed by atoms with Gasteiger partial charge in [0, 0.05) is 12.0 Å². The molecule has 1 fully saturated rings. The molecule has 0 bridgehead atoms. The number of imidazole rings is 1. The second kappa shape index (κ2) is 4.81. The zero-order valence-corrected chi connectivity index (χ0v) is 11.4. The minimum Gasteiger partial charge on any atom is -0.384 e. The highest BCUT2D eigenvalue weighted by atomic mass is 15.0. The van der Waals surface area contributed by atoms with Crippen LogP contribution in [0, 0.1) is 0 Å². The SMILES string of the molecule is CCCC1(c2nc3nc(N)ccc3[nH]2)CCCNC1. The molecule has 5 nitrogen and oxygen atoms in total. The molecule has 1 atom stereocenters. The van der Waals surface area contributed by atoms with Gasteiger partial charge in [0.05, 0.1) is 5.52 Å². The fourth-order valence-corrected chi connectivity index (χ4v) is 3.14. The van der Waals surface area contributed by atoms with Crippen LogP contribution in [-0.4, -0.2) is 28.0 Å². The lowest BCUT2D eigenvalue weighted by Crippen LogP contribution is -2.44. The van der Waals surface area contributed by atoms with Crippen LogP contribution >= 0.6 is 0 Å². The number of rotatable bonds is 3. The number of H-pyrrole nitrogens is 1. The maximum Gasteiger partial charge on any atom is 0.179 e. The molecule has 0 radical (unpaired) electrons. The van der Waals surface area contributed by atoms with Crippen molar-refractivity contribution in [1.29, 1.82) is 0 Å². The lowest BCUT2D eigenvalue weighted by Gasteiger charge is -2.35. The average molecular weight is 259 g/mol. The van der Waals surface area contributed by atoms with E-state index in [-0.39, 0.29) is 5.41 Å². The molecule has 0 aliphatic carbocycles. The third-order valence-corrected chi connectivity index (χ3v) is 4.07. The van der Waals surface area contributed by atoms with Gasteiger partial charge in [-0.2, -0.15) is 0 Å². The second-order valence-corrected chi connectivity index (χ2v) is 5.50. The largest absolute Gasteiger partial charge is 0.384 e. The Kier molecular flexibility index (Phi) is 3.14. The highest BCUT2D eigenvalue weighted by molar-refractivity contribution is 5.72. The standard InChI is InChI=1S/C14H21N5/c1-2-6-14(7-3-8-16-9-14)13-17-10-4-5-11(15)18-12(10)19-13/h4-5,16H,2-3,6-9H2,1H3,(H3,15,17,18,19). The van der Waals surface area contributed by atoms with Crippen molar-refractivity contribution < 1.29 is 0 Å². The van der Waals surface area contributed by atoms with Crippen molar-refractivity contribution in [2.45, 2.75) is 38.0 Å². The van der Waals surface area contributed by atoms with Gasteiger partial charge in [-0.05, 0) is 37.9 Å². The number of nitrogens with one attached hydrogen (secondary N) is 2. The third kappa shape index (κ3) is 2.18. The Hall–Kier alpha value is -1.62. The van der Waals surface area contributed by atoms with Crippen LogP contribution < -0.4 is 11.1 Å². The van der Waals surface area contributed by atoms with Gasteiger partial charge < -0.3 is 16.0 Å². The summed E-state index contributed by atoms with van der Waals surface area (Å²) in [6.45, 7) is 4.34. The van der Waals surface area contributed by atoms with Gasteiger partial charge in [0.25, 0.3) is 0 Å². The molecule has 4 N–H and O–H groups in total. The Balaban J connectivity index is 2.04. The summed E-state index contributed by atoms with van der Waals surface area (Å²) >= 11 is 0. The quantitative estimate of drug-likeness (QED) is 0.787. The zero-order valence-electron chi connectivity index (χ0n) is 11.4. The number of piperidine rings is 1. The van der Waals surface area contributed by atoms with E-state index in [1.165, 1.54) is 12.8 Å². The Morgan fingerprint density at radius 2 is 2.26 bits per heavy atom. The van der Waals surface area contributed by atoms with Crippen molar-refractivity contribution in [2.75, 3.05) is 18.8 Å². The van der Waals surface area contributed by atoms with Crippen molar-refractivity contribution in [3.63, 3.8) is 0 Å². The molecule has 19 heavy (non-hydrogen) atoms. The van der Waals surface area contributed by atoms with Gasteiger partial charge in [0.2, 0.25) is 0 Å². The van der Waals surface area contributed by atoms with Crippen LogP contribution in [0.2, 0.25) is 0 Å². The molecule has 1 saturated heterocycles. The molecule has 0 aromatic carbocycles. The molecular weight excluding hydrogens is 238 g/mol. The first kappa shape index (κ1) is 12.4. The molecule has 102 valence electrons. The molecule has 3 rings (SSSR count). The van der Waals surface area contributed by atoms with Gasteiger partial charge in [-0.3, -0.25) is 0 Å². The summed E-state index contributed by atoms with van der Waals surface area (Å²) in [6, 6.07) is 3.78. The number of nitrogens with zero attached hydrogens (tertiary/aromatic N) is 2. The van der Waals surface area contributed by atoms with Crippen LogP contribution in [0.15, 0.2) is 12.1 Å². The Labute approximate surface area is 113 Å². The number of pyridine rings is 1. The number of hydrogen-bond acceptors (Lipinski definition) is 4.